The lowest BCUT2D eigenvalue weighted by Crippen LogP contribution is -2.12. The maximum Gasteiger partial charge on any atom is 0.255 e. The highest BCUT2D eigenvalue weighted by molar-refractivity contribution is 6.31. The molecule has 5 heteroatoms. The number of oxazole rings is 1. The Balaban J connectivity index is 1.68. The molecule has 1 amide bonds. The number of hydrogen-bond acceptors (Lipinski definition) is 3. The number of benzene rings is 3. The van der Waals surface area contributed by atoms with Crippen LogP contribution in [0.2, 0.25) is 5.02 Å². The first-order valence-electron chi connectivity index (χ1n) is 8.14. The van der Waals surface area contributed by atoms with E-state index in [-0.39, 0.29) is 5.91 Å². The number of rotatable bonds is 3. The zero-order chi connectivity index (χ0) is 18.1. The van der Waals surface area contributed by atoms with E-state index in [1.54, 1.807) is 24.3 Å². The van der Waals surface area contributed by atoms with Crippen molar-refractivity contribution in [1.82, 2.24) is 4.98 Å². The van der Waals surface area contributed by atoms with Crippen LogP contribution in [0.3, 0.4) is 0 Å². The molecule has 0 saturated carbocycles. The molecule has 0 aliphatic rings. The van der Waals surface area contributed by atoms with E-state index < -0.39 is 0 Å². The Labute approximate surface area is 155 Å². The van der Waals surface area contributed by atoms with E-state index in [4.69, 9.17) is 16.0 Å². The predicted octanol–water partition coefficient (Wildman–Crippen LogP) is 5.71. The lowest BCUT2D eigenvalue weighted by molar-refractivity contribution is 0.102. The lowest BCUT2D eigenvalue weighted by Gasteiger charge is -2.11. The van der Waals surface area contributed by atoms with Gasteiger partial charge in [-0.25, -0.2) is 4.98 Å². The van der Waals surface area contributed by atoms with Crippen molar-refractivity contribution in [3.05, 3.63) is 82.9 Å². The Bertz CT molecular complexity index is 1080. The predicted molar refractivity (Wildman–Crippen MR) is 104 cm³/mol. The number of aromatic nitrogens is 1. The Kier molecular flexibility index (Phi) is 4.19. The van der Waals surface area contributed by atoms with Crippen LogP contribution in [0.5, 0.6) is 0 Å². The van der Waals surface area contributed by atoms with Crippen LogP contribution < -0.4 is 5.32 Å². The van der Waals surface area contributed by atoms with Crippen LogP contribution in [0.1, 0.15) is 15.9 Å². The van der Waals surface area contributed by atoms with Crippen LogP contribution in [0.4, 0.5) is 5.69 Å². The quantitative estimate of drug-likeness (QED) is 0.508. The number of anilines is 1. The summed E-state index contributed by atoms with van der Waals surface area (Å²) < 4.78 is 5.85. The lowest BCUT2D eigenvalue weighted by atomic mass is 10.1. The summed E-state index contributed by atoms with van der Waals surface area (Å²) in [7, 11) is 0. The minimum Gasteiger partial charge on any atom is -0.436 e. The number of fused-ring (bicyclic) bond motifs is 1. The van der Waals surface area contributed by atoms with Gasteiger partial charge >= 0.3 is 0 Å². The van der Waals surface area contributed by atoms with Gasteiger partial charge in [-0.2, -0.15) is 0 Å². The first kappa shape index (κ1) is 16.4. The van der Waals surface area contributed by atoms with Gasteiger partial charge in [-0.1, -0.05) is 35.9 Å². The van der Waals surface area contributed by atoms with E-state index >= 15 is 0 Å². The molecule has 3 aromatic carbocycles. The Morgan fingerprint density at radius 3 is 2.65 bits per heavy atom. The molecule has 0 aliphatic carbocycles. The normalized spacial score (nSPS) is 10.8. The van der Waals surface area contributed by atoms with Crippen molar-refractivity contribution in [1.29, 1.82) is 0 Å². The second kappa shape index (κ2) is 6.65. The second-order valence-corrected chi connectivity index (χ2v) is 6.37. The molecule has 0 fully saturated rings. The first-order valence-corrected chi connectivity index (χ1v) is 8.52. The maximum absolute atomic E-state index is 12.5. The number of nitrogens with one attached hydrogen (secondary N) is 1. The summed E-state index contributed by atoms with van der Waals surface area (Å²) in [6.07, 6.45) is 0. The molecule has 4 nitrogen and oxygen atoms in total. The average molecular weight is 363 g/mol. The van der Waals surface area contributed by atoms with Crippen molar-refractivity contribution in [3.8, 4) is 11.5 Å². The fraction of sp³-hybridized carbons (Fsp3) is 0.0476. The third kappa shape index (κ3) is 3.07. The van der Waals surface area contributed by atoms with E-state index in [2.05, 4.69) is 10.3 Å². The summed E-state index contributed by atoms with van der Waals surface area (Å²) in [5, 5.41) is 3.45. The number of hydrogen-bond donors (Lipinski definition) is 1. The van der Waals surface area contributed by atoms with E-state index in [0.717, 1.165) is 22.2 Å². The van der Waals surface area contributed by atoms with Crippen molar-refractivity contribution in [2.24, 2.45) is 0 Å². The number of halogens is 1. The molecule has 0 unspecified atom stereocenters. The SMILES string of the molecule is Cc1c(NC(=O)c2cccc(Cl)c2)cccc1-c1nc2ccccc2o1. The summed E-state index contributed by atoms with van der Waals surface area (Å²) in [4.78, 5) is 17.0. The fourth-order valence-corrected chi connectivity index (χ4v) is 3.00. The summed E-state index contributed by atoms with van der Waals surface area (Å²) in [6, 6.07) is 20.1. The molecule has 1 aromatic heterocycles. The number of nitrogens with zero attached hydrogens (tertiary/aromatic N) is 1. The molecule has 0 aliphatic heterocycles. The third-order valence-corrected chi connectivity index (χ3v) is 4.43. The van der Waals surface area contributed by atoms with Gasteiger partial charge in [-0.15, -0.1) is 0 Å². The smallest absolute Gasteiger partial charge is 0.255 e. The number of para-hydroxylation sites is 2. The number of amides is 1. The highest BCUT2D eigenvalue weighted by atomic mass is 35.5. The van der Waals surface area contributed by atoms with Gasteiger partial charge in [0, 0.05) is 21.8 Å². The minimum atomic E-state index is -0.217. The summed E-state index contributed by atoms with van der Waals surface area (Å²) in [5.74, 6) is 0.313. The highest BCUT2D eigenvalue weighted by Gasteiger charge is 2.14. The monoisotopic (exact) mass is 362 g/mol. The van der Waals surface area contributed by atoms with Crippen LogP contribution in [0, 0.1) is 6.92 Å². The summed E-state index contributed by atoms with van der Waals surface area (Å²) in [5.41, 5.74) is 4.46. The molecule has 0 bridgehead atoms. The zero-order valence-electron chi connectivity index (χ0n) is 14.0. The average Bonchev–Trinajstić information content (AvgIpc) is 3.07. The molecule has 4 aromatic rings. The first-order chi connectivity index (χ1) is 12.6. The van der Waals surface area contributed by atoms with E-state index in [1.165, 1.54) is 0 Å². The molecule has 1 heterocycles. The van der Waals surface area contributed by atoms with Crippen LogP contribution in [0.25, 0.3) is 22.6 Å². The molecule has 0 spiro atoms. The van der Waals surface area contributed by atoms with Crippen molar-refractivity contribution in [2.45, 2.75) is 6.92 Å². The number of carbonyl (C=O) groups excluding carboxylic acids is 1. The molecule has 26 heavy (non-hydrogen) atoms. The van der Waals surface area contributed by atoms with Crippen molar-refractivity contribution in [2.75, 3.05) is 5.32 Å². The molecule has 0 saturated heterocycles. The van der Waals surface area contributed by atoms with Gasteiger partial charge in [-0.3, -0.25) is 4.79 Å². The Hall–Kier alpha value is -3.11. The van der Waals surface area contributed by atoms with Crippen molar-refractivity contribution < 1.29 is 9.21 Å². The third-order valence-electron chi connectivity index (χ3n) is 4.19. The topological polar surface area (TPSA) is 55.1 Å². The highest BCUT2D eigenvalue weighted by Crippen LogP contribution is 2.30. The van der Waals surface area contributed by atoms with Gasteiger partial charge in [0.25, 0.3) is 5.91 Å². The molecule has 4 rings (SSSR count). The van der Waals surface area contributed by atoms with Gasteiger partial charge in [0.2, 0.25) is 5.89 Å². The fourth-order valence-electron chi connectivity index (χ4n) is 2.81. The van der Waals surface area contributed by atoms with E-state index in [1.807, 2.05) is 49.4 Å². The number of carbonyl (C=O) groups is 1. The van der Waals surface area contributed by atoms with Gasteiger partial charge in [0.1, 0.15) is 5.52 Å². The van der Waals surface area contributed by atoms with Crippen LogP contribution >= 0.6 is 11.6 Å². The molecular formula is C21H15ClN2O2. The van der Waals surface area contributed by atoms with Crippen LogP contribution in [0.15, 0.2) is 71.1 Å². The zero-order valence-corrected chi connectivity index (χ0v) is 14.7. The van der Waals surface area contributed by atoms with Crippen LogP contribution in [-0.4, -0.2) is 10.9 Å². The van der Waals surface area contributed by atoms with Crippen molar-refractivity contribution in [3.63, 3.8) is 0 Å². The maximum atomic E-state index is 12.5. The Morgan fingerprint density at radius 1 is 1.04 bits per heavy atom. The largest absolute Gasteiger partial charge is 0.436 e. The molecule has 128 valence electrons. The molecule has 0 radical (unpaired) electrons. The minimum absolute atomic E-state index is 0.217. The molecular weight excluding hydrogens is 348 g/mol. The Morgan fingerprint density at radius 2 is 1.85 bits per heavy atom. The second-order valence-electron chi connectivity index (χ2n) is 5.93. The van der Waals surface area contributed by atoms with Gasteiger partial charge < -0.3 is 9.73 Å². The molecule has 1 N–H and O–H groups in total. The van der Waals surface area contributed by atoms with E-state index in [0.29, 0.717) is 22.2 Å². The van der Waals surface area contributed by atoms with Crippen LogP contribution in [-0.2, 0) is 0 Å². The van der Waals surface area contributed by atoms with Crippen molar-refractivity contribution >= 4 is 34.3 Å². The van der Waals surface area contributed by atoms with Gasteiger partial charge in [-0.05, 0) is 55.0 Å². The van der Waals surface area contributed by atoms with Gasteiger partial charge in [0.15, 0.2) is 5.58 Å². The molecule has 0 atom stereocenters. The van der Waals surface area contributed by atoms with Gasteiger partial charge in [0.05, 0.1) is 0 Å². The summed E-state index contributed by atoms with van der Waals surface area (Å²) >= 11 is 5.97. The summed E-state index contributed by atoms with van der Waals surface area (Å²) in [6.45, 7) is 1.93. The standard InChI is InChI=1S/C21H15ClN2O2/c1-13-16(21-24-18-9-2-3-11-19(18)26-21)8-5-10-17(13)23-20(25)14-6-4-7-15(22)12-14/h2-12H,1H3,(H,23,25). The van der Waals surface area contributed by atoms with E-state index in [9.17, 15) is 4.79 Å².